The lowest BCUT2D eigenvalue weighted by molar-refractivity contribution is -0.757. The van der Waals surface area contributed by atoms with Crippen molar-refractivity contribution >= 4 is 12.0 Å². The molecular formula is C19H20N2O6. The van der Waals surface area contributed by atoms with Crippen LogP contribution in [0.5, 0.6) is 11.5 Å². The first-order valence-electron chi connectivity index (χ1n) is 8.16. The van der Waals surface area contributed by atoms with Gasteiger partial charge in [-0.05, 0) is 41.3 Å². The normalized spacial score (nSPS) is 10.6. The highest BCUT2D eigenvalue weighted by Gasteiger charge is 2.03. The Hall–Kier alpha value is -3.55. The van der Waals surface area contributed by atoms with E-state index in [0.717, 1.165) is 11.1 Å². The number of hydrogen-bond acceptors (Lipinski definition) is 6. The Morgan fingerprint density at radius 3 is 2.78 bits per heavy atom. The maximum absolute atomic E-state index is 12.0. The second-order valence-corrected chi connectivity index (χ2v) is 5.61. The number of nitrogens with one attached hydrogen (secondary N) is 1. The number of phenolic OH excluding ortho intramolecular Hbond substituents is 1. The molecule has 2 N–H and O–H groups in total. The number of aromatic hydroxyl groups is 1. The molecule has 0 aliphatic heterocycles. The molecule has 0 aromatic heterocycles. The zero-order valence-electron chi connectivity index (χ0n) is 14.8. The summed E-state index contributed by atoms with van der Waals surface area (Å²) in [5, 5.41) is 21.7. The fraction of sp³-hybridized carbons (Fsp3) is 0.211. The van der Waals surface area contributed by atoms with Crippen LogP contribution in [0.3, 0.4) is 0 Å². The largest absolute Gasteiger partial charge is 0.504 e. The van der Waals surface area contributed by atoms with Crippen molar-refractivity contribution in [2.75, 3.05) is 13.7 Å². The van der Waals surface area contributed by atoms with Gasteiger partial charge in [-0.1, -0.05) is 30.3 Å². The van der Waals surface area contributed by atoms with Crippen LogP contribution in [-0.2, 0) is 22.6 Å². The van der Waals surface area contributed by atoms with E-state index in [2.05, 4.69) is 10.2 Å². The SMILES string of the molecule is COc1cc(C=CC(=O)NCc2cccc(CCO[N+](=O)[O-])c2)ccc1O. The van der Waals surface area contributed by atoms with Crippen LogP contribution in [0.4, 0.5) is 0 Å². The molecule has 0 saturated heterocycles. The van der Waals surface area contributed by atoms with Gasteiger partial charge in [-0.2, -0.15) is 0 Å². The number of carbonyl (C=O) groups excluding carboxylic acids is 1. The number of nitrogens with zero attached hydrogens (tertiary/aromatic N) is 1. The molecule has 0 heterocycles. The van der Waals surface area contributed by atoms with Gasteiger partial charge >= 0.3 is 0 Å². The van der Waals surface area contributed by atoms with E-state index >= 15 is 0 Å². The number of phenols is 1. The lowest BCUT2D eigenvalue weighted by atomic mass is 10.1. The molecule has 0 atom stereocenters. The quantitative estimate of drug-likeness (QED) is 0.397. The van der Waals surface area contributed by atoms with E-state index in [1.165, 1.54) is 19.3 Å². The molecule has 8 nitrogen and oxygen atoms in total. The molecule has 8 heteroatoms. The van der Waals surface area contributed by atoms with Gasteiger partial charge in [0, 0.05) is 12.6 Å². The van der Waals surface area contributed by atoms with Gasteiger partial charge in [-0.15, -0.1) is 10.1 Å². The van der Waals surface area contributed by atoms with Crippen LogP contribution in [0.1, 0.15) is 16.7 Å². The van der Waals surface area contributed by atoms with Crippen LogP contribution in [0, 0.1) is 10.1 Å². The molecule has 0 spiro atoms. The predicted octanol–water partition coefficient (Wildman–Crippen LogP) is 2.48. The molecule has 0 fully saturated rings. The van der Waals surface area contributed by atoms with Gasteiger partial charge in [0.05, 0.1) is 7.11 Å². The van der Waals surface area contributed by atoms with Crippen LogP contribution < -0.4 is 10.1 Å². The molecule has 0 saturated carbocycles. The van der Waals surface area contributed by atoms with Gasteiger partial charge in [0.25, 0.3) is 5.09 Å². The summed E-state index contributed by atoms with van der Waals surface area (Å²) in [7, 11) is 1.45. The number of benzene rings is 2. The molecule has 27 heavy (non-hydrogen) atoms. The molecule has 2 aromatic carbocycles. The Balaban J connectivity index is 1.87. The van der Waals surface area contributed by atoms with Gasteiger partial charge in [0.15, 0.2) is 11.5 Å². The molecule has 142 valence electrons. The van der Waals surface area contributed by atoms with E-state index in [-0.39, 0.29) is 18.3 Å². The first kappa shape index (κ1) is 19.8. The van der Waals surface area contributed by atoms with E-state index < -0.39 is 5.09 Å². The molecule has 1 amide bonds. The van der Waals surface area contributed by atoms with Crippen LogP contribution in [0.25, 0.3) is 6.08 Å². The second-order valence-electron chi connectivity index (χ2n) is 5.61. The number of rotatable bonds is 9. The van der Waals surface area contributed by atoms with Crippen molar-refractivity contribution in [3.63, 3.8) is 0 Å². The number of carbonyl (C=O) groups is 1. The van der Waals surface area contributed by atoms with Crippen LogP contribution in [-0.4, -0.2) is 29.8 Å². The average molecular weight is 372 g/mol. The molecule has 0 bridgehead atoms. The van der Waals surface area contributed by atoms with Crippen molar-refractivity contribution in [2.24, 2.45) is 0 Å². The molecule has 0 aliphatic carbocycles. The van der Waals surface area contributed by atoms with E-state index in [1.807, 2.05) is 24.3 Å². The molecule has 0 aliphatic rings. The second kappa shape index (κ2) is 9.81. The highest BCUT2D eigenvalue weighted by atomic mass is 16.9. The van der Waals surface area contributed by atoms with Crippen LogP contribution in [0.15, 0.2) is 48.5 Å². The summed E-state index contributed by atoms with van der Waals surface area (Å²) in [5.41, 5.74) is 2.48. The summed E-state index contributed by atoms with van der Waals surface area (Å²) in [6.07, 6.45) is 3.41. The summed E-state index contributed by atoms with van der Waals surface area (Å²) in [6.45, 7) is 0.313. The van der Waals surface area contributed by atoms with Crippen molar-refractivity contribution in [2.45, 2.75) is 13.0 Å². The van der Waals surface area contributed by atoms with Gasteiger partial charge in [-0.3, -0.25) is 4.79 Å². The molecule has 2 aromatic rings. The van der Waals surface area contributed by atoms with Crippen molar-refractivity contribution in [3.8, 4) is 11.5 Å². The average Bonchev–Trinajstić information content (AvgIpc) is 2.65. The van der Waals surface area contributed by atoms with Crippen molar-refractivity contribution < 1.29 is 24.6 Å². The summed E-state index contributed by atoms with van der Waals surface area (Å²) in [5.74, 6) is 0.0853. The zero-order valence-corrected chi connectivity index (χ0v) is 14.8. The Morgan fingerprint density at radius 2 is 2.04 bits per heavy atom. The third-order valence-corrected chi connectivity index (χ3v) is 3.68. The fourth-order valence-electron chi connectivity index (χ4n) is 2.35. The van der Waals surface area contributed by atoms with Gasteiger partial charge in [-0.25, -0.2) is 0 Å². The monoisotopic (exact) mass is 372 g/mol. The standard InChI is InChI=1S/C19H20N2O6/c1-26-18-12-15(5-7-17(18)22)6-8-19(23)20-13-16-4-2-3-14(11-16)9-10-27-21(24)25/h2-8,11-12,22H,9-10,13H2,1H3,(H,20,23). The minimum absolute atomic E-state index is 0.0123. The van der Waals surface area contributed by atoms with Crippen LogP contribution >= 0.6 is 0 Å². The topological polar surface area (TPSA) is 111 Å². The smallest absolute Gasteiger partial charge is 0.294 e. The Kier molecular flexibility index (Phi) is 7.18. The summed E-state index contributed by atoms with van der Waals surface area (Å²) < 4.78 is 5.02. The first-order valence-corrected chi connectivity index (χ1v) is 8.16. The Bertz CT molecular complexity index is 835. The summed E-state index contributed by atoms with van der Waals surface area (Å²) in [4.78, 5) is 26.4. The van der Waals surface area contributed by atoms with Crippen LogP contribution in [0.2, 0.25) is 0 Å². The molecule has 0 unspecified atom stereocenters. The lowest BCUT2D eigenvalue weighted by Crippen LogP contribution is -2.20. The number of methoxy groups -OCH3 is 1. The van der Waals surface area contributed by atoms with E-state index in [9.17, 15) is 20.0 Å². The fourth-order valence-corrected chi connectivity index (χ4v) is 2.35. The molecule has 0 radical (unpaired) electrons. The number of hydrogen-bond donors (Lipinski definition) is 2. The number of ether oxygens (including phenoxy) is 1. The van der Waals surface area contributed by atoms with Gasteiger partial charge in [0.2, 0.25) is 5.91 Å². The predicted molar refractivity (Wildman–Crippen MR) is 98.6 cm³/mol. The summed E-state index contributed by atoms with van der Waals surface area (Å²) in [6, 6.07) is 12.2. The maximum atomic E-state index is 12.0. The van der Waals surface area contributed by atoms with Crippen molar-refractivity contribution in [1.29, 1.82) is 0 Å². The Labute approximate surface area is 156 Å². The Morgan fingerprint density at radius 1 is 1.26 bits per heavy atom. The lowest BCUT2D eigenvalue weighted by Gasteiger charge is -2.06. The minimum Gasteiger partial charge on any atom is -0.504 e. The minimum atomic E-state index is -0.819. The van der Waals surface area contributed by atoms with Crippen molar-refractivity contribution in [3.05, 3.63) is 75.3 Å². The van der Waals surface area contributed by atoms with Gasteiger partial charge < -0.3 is 20.0 Å². The summed E-state index contributed by atoms with van der Waals surface area (Å²) >= 11 is 0. The third kappa shape index (κ3) is 6.69. The van der Waals surface area contributed by atoms with E-state index in [4.69, 9.17) is 4.74 Å². The molecular weight excluding hydrogens is 352 g/mol. The highest BCUT2D eigenvalue weighted by molar-refractivity contribution is 5.91. The first-order chi connectivity index (χ1) is 13.0. The van der Waals surface area contributed by atoms with E-state index in [0.29, 0.717) is 24.3 Å². The van der Waals surface area contributed by atoms with Gasteiger partial charge in [0.1, 0.15) is 6.61 Å². The van der Waals surface area contributed by atoms with E-state index in [1.54, 1.807) is 18.2 Å². The molecule has 2 rings (SSSR count). The highest BCUT2D eigenvalue weighted by Crippen LogP contribution is 2.26. The number of amides is 1. The maximum Gasteiger partial charge on any atom is 0.294 e. The zero-order chi connectivity index (χ0) is 19.6. The van der Waals surface area contributed by atoms with Crippen molar-refractivity contribution in [1.82, 2.24) is 5.32 Å². The third-order valence-electron chi connectivity index (χ3n) is 3.68.